The Bertz CT molecular complexity index is 1350. The molecule has 6 heteroatoms. The van der Waals surface area contributed by atoms with E-state index in [4.69, 9.17) is 0 Å². The van der Waals surface area contributed by atoms with Crippen molar-refractivity contribution in [2.75, 3.05) is 0 Å². The molecule has 4 aromatic rings. The van der Waals surface area contributed by atoms with Crippen molar-refractivity contribution in [1.29, 1.82) is 5.26 Å². The normalized spacial score (nSPS) is 12.3. The second kappa shape index (κ2) is 5.60. The number of imidazole rings is 1. The van der Waals surface area contributed by atoms with Crippen molar-refractivity contribution >= 4 is 22.4 Å². The molecule has 0 aliphatic rings. The quantitative estimate of drug-likeness (QED) is 0.552. The number of para-hydroxylation sites is 2. The molecule has 0 spiro atoms. The molecule has 2 heterocycles. The van der Waals surface area contributed by atoms with Crippen LogP contribution in [0.25, 0.3) is 22.4 Å². The minimum absolute atomic E-state index is 0.0712. The van der Waals surface area contributed by atoms with E-state index in [1.807, 2.05) is 13.0 Å². The average molecular weight is 343 g/mol. The Morgan fingerprint density at radius 3 is 2.73 bits per heavy atom. The lowest BCUT2D eigenvalue weighted by molar-refractivity contribution is 0.459. The summed E-state index contributed by atoms with van der Waals surface area (Å²) in [5.74, 6) is -0.533. The first-order valence-corrected chi connectivity index (χ1v) is 7.89. The number of hydrogen-bond acceptors (Lipinski definition) is 5. The van der Waals surface area contributed by atoms with Crippen LogP contribution >= 0.6 is 0 Å². The zero-order chi connectivity index (χ0) is 18.4. The molecule has 0 aliphatic heterocycles. The molecule has 0 saturated carbocycles. The van der Waals surface area contributed by atoms with Gasteiger partial charge in [-0.1, -0.05) is 23.8 Å². The van der Waals surface area contributed by atoms with Gasteiger partial charge in [0.2, 0.25) is 0 Å². The third-order valence-corrected chi connectivity index (χ3v) is 4.31. The van der Waals surface area contributed by atoms with Crippen LogP contribution in [0.5, 0.6) is 5.75 Å². The van der Waals surface area contributed by atoms with Crippen LogP contribution in [0, 0.1) is 18.3 Å². The molecule has 2 aromatic heterocycles. The fourth-order valence-corrected chi connectivity index (χ4v) is 3.04. The van der Waals surface area contributed by atoms with Gasteiger partial charge in [-0.2, -0.15) is 5.26 Å². The highest BCUT2D eigenvalue weighted by atomic mass is 16.3. The molecule has 0 unspecified atom stereocenters. The number of nitriles is 1. The molecule has 0 amide bonds. The number of aromatic hydroxyl groups is 1. The van der Waals surface area contributed by atoms with Crippen LogP contribution in [0.1, 0.15) is 16.7 Å². The van der Waals surface area contributed by atoms with Gasteiger partial charge < -0.3 is 10.2 Å². The largest absolute Gasteiger partial charge is 0.507 e. The van der Waals surface area contributed by atoms with E-state index >= 15 is 0 Å². The molecule has 6 nitrogen and oxygen atoms in total. The van der Waals surface area contributed by atoms with Crippen LogP contribution in [0.15, 0.2) is 53.3 Å². The van der Waals surface area contributed by atoms with Gasteiger partial charge in [-0.25, -0.2) is 4.98 Å². The lowest BCUT2D eigenvalue weighted by Gasteiger charge is -2.06. The first-order valence-electron chi connectivity index (χ1n) is 7.89. The SMILES string of the molecule is Cc1ccc(O)c(/C(O)=c2\cc(C#N)c3nc4ccccc4n3c2=O)c1. The fourth-order valence-electron chi connectivity index (χ4n) is 3.04. The van der Waals surface area contributed by atoms with Crippen molar-refractivity contribution < 1.29 is 10.2 Å². The molecule has 2 aromatic carbocycles. The minimum Gasteiger partial charge on any atom is -0.507 e. The van der Waals surface area contributed by atoms with E-state index in [0.29, 0.717) is 11.0 Å². The molecule has 126 valence electrons. The van der Waals surface area contributed by atoms with E-state index in [0.717, 1.165) is 5.56 Å². The van der Waals surface area contributed by atoms with Gasteiger partial charge in [0.05, 0.1) is 27.4 Å². The van der Waals surface area contributed by atoms with Gasteiger partial charge in [0.15, 0.2) is 5.65 Å². The summed E-state index contributed by atoms with van der Waals surface area (Å²) in [7, 11) is 0. The number of aryl methyl sites for hydroxylation is 1. The van der Waals surface area contributed by atoms with Crippen molar-refractivity contribution in [3.8, 4) is 11.8 Å². The van der Waals surface area contributed by atoms with Crippen molar-refractivity contribution in [3.63, 3.8) is 0 Å². The van der Waals surface area contributed by atoms with E-state index in [9.17, 15) is 20.3 Å². The predicted octanol–water partition coefficient (Wildman–Crippen LogP) is 2.17. The van der Waals surface area contributed by atoms with Gasteiger partial charge in [0, 0.05) is 0 Å². The third-order valence-electron chi connectivity index (χ3n) is 4.31. The third kappa shape index (κ3) is 2.19. The standard InChI is InChI=1S/C20H13N3O3/c1-11-6-7-17(24)13(8-11)18(25)14-9-12(10-21)19-22-15-4-2-3-5-16(15)23(19)20(14)26/h2-9,24-25H,1H3/b18-14-. The summed E-state index contributed by atoms with van der Waals surface area (Å²) in [6.07, 6.45) is 0. The number of nitrogens with zero attached hydrogens (tertiary/aromatic N) is 3. The van der Waals surface area contributed by atoms with Gasteiger partial charge in [-0.15, -0.1) is 0 Å². The summed E-state index contributed by atoms with van der Waals surface area (Å²) < 4.78 is 1.31. The number of aliphatic hydroxyl groups is 1. The highest BCUT2D eigenvalue weighted by Gasteiger charge is 2.16. The first kappa shape index (κ1) is 15.7. The van der Waals surface area contributed by atoms with Crippen molar-refractivity contribution in [2.24, 2.45) is 0 Å². The number of benzene rings is 2. The lowest BCUT2D eigenvalue weighted by atomic mass is 10.1. The molecule has 0 radical (unpaired) electrons. The predicted molar refractivity (Wildman–Crippen MR) is 96.9 cm³/mol. The number of hydrogen-bond donors (Lipinski definition) is 2. The van der Waals surface area contributed by atoms with Crippen LogP contribution in [-0.4, -0.2) is 19.6 Å². The maximum Gasteiger partial charge on any atom is 0.267 e. The van der Waals surface area contributed by atoms with E-state index in [1.165, 1.54) is 16.5 Å². The van der Waals surface area contributed by atoms with Gasteiger partial charge in [-0.05, 0) is 37.3 Å². The smallest absolute Gasteiger partial charge is 0.267 e. The number of phenols is 1. The first-order chi connectivity index (χ1) is 12.5. The zero-order valence-corrected chi connectivity index (χ0v) is 13.8. The summed E-state index contributed by atoms with van der Waals surface area (Å²) in [4.78, 5) is 17.4. The Hall–Kier alpha value is -3.85. The highest BCUT2D eigenvalue weighted by Crippen LogP contribution is 2.23. The van der Waals surface area contributed by atoms with Crippen LogP contribution in [0.2, 0.25) is 0 Å². The molecule has 0 aliphatic carbocycles. The maximum atomic E-state index is 13.0. The van der Waals surface area contributed by atoms with E-state index in [-0.39, 0.29) is 33.5 Å². The number of pyridine rings is 1. The van der Waals surface area contributed by atoms with Gasteiger partial charge in [0.1, 0.15) is 17.6 Å². The molecule has 0 atom stereocenters. The van der Waals surface area contributed by atoms with Crippen LogP contribution < -0.4 is 10.8 Å². The molecule has 26 heavy (non-hydrogen) atoms. The number of fused-ring (bicyclic) bond motifs is 3. The van der Waals surface area contributed by atoms with Crippen LogP contribution in [0.4, 0.5) is 0 Å². The van der Waals surface area contributed by atoms with E-state index in [1.54, 1.807) is 36.4 Å². The number of phenolic OH excluding ortho intramolecular Hbond substituents is 1. The molecule has 2 N–H and O–H groups in total. The number of aromatic nitrogens is 2. The summed E-state index contributed by atoms with van der Waals surface area (Å²) in [5, 5.41) is 30.2. The number of aliphatic hydroxyl groups excluding tert-OH is 1. The zero-order valence-electron chi connectivity index (χ0n) is 13.8. The Morgan fingerprint density at radius 2 is 1.96 bits per heavy atom. The summed E-state index contributed by atoms with van der Waals surface area (Å²) in [5.41, 5.74) is 1.97. The summed E-state index contributed by atoms with van der Waals surface area (Å²) in [6, 6.07) is 15.1. The fraction of sp³-hybridized carbons (Fsp3) is 0.0500. The van der Waals surface area contributed by atoms with Gasteiger partial charge >= 0.3 is 0 Å². The summed E-state index contributed by atoms with van der Waals surface area (Å²) >= 11 is 0. The molecule has 0 saturated heterocycles. The van der Waals surface area contributed by atoms with Gasteiger partial charge in [0.25, 0.3) is 5.56 Å². The second-order valence-electron chi connectivity index (χ2n) is 6.02. The summed E-state index contributed by atoms with van der Waals surface area (Å²) in [6.45, 7) is 1.81. The Morgan fingerprint density at radius 1 is 1.19 bits per heavy atom. The van der Waals surface area contributed by atoms with Crippen molar-refractivity contribution in [1.82, 2.24) is 9.38 Å². The van der Waals surface area contributed by atoms with E-state index < -0.39 is 5.56 Å². The van der Waals surface area contributed by atoms with Gasteiger partial charge in [-0.3, -0.25) is 9.20 Å². The second-order valence-corrected chi connectivity index (χ2v) is 6.02. The Balaban J connectivity index is 2.23. The van der Waals surface area contributed by atoms with Crippen molar-refractivity contribution in [3.05, 3.63) is 80.8 Å². The molecular formula is C20H13N3O3. The number of rotatable bonds is 1. The molecule has 0 bridgehead atoms. The lowest BCUT2D eigenvalue weighted by Crippen LogP contribution is -2.33. The molecule has 4 rings (SSSR count). The topological polar surface area (TPSA) is 98.6 Å². The molecular weight excluding hydrogens is 330 g/mol. The molecule has 0 fully saturated rings. The monoisotopic (exact) mass is 343 g/mol. The van der Waals surface area contributed by atoms with Crippen LogP contribution in [-0.2, 0) is 0 Å². The average Bonchev–Trinajstić information content (AvgIpc) is 3.03. The highest BCUT2D eigenvalue weighted by molar-refractivity contribution is 5.82. The van der Waals surface area contributed by atoms with Crippen molar-refractivity contribution in [2.45, 2.75) is 6.92 Å². The Kier molecular flexibility index (Phi) is 3.38. The Labute approximate surface area is 147 Å². The minimum atomic E-state index is -0.508. The van der Waals surface area contributed by atoms with E-state index in [2.05, 4.69) is 4.98 Å². The van der Waals surface area contributed by atoms with Crippen LogP contribution in [0.3, 0.4) is 0 Å². The maximum absolute atomic E-state index is 13.0.